The maximum absolute atomic E-state index is 6.13. The molecule has 0 N–H and O–H groups in total. The fourth-order valence-electron chi connectivity index (χ4n) is 3.10. The van der Waals surface area contributed by atoms with Crippen LogP contribution in [0.5, 0.6) is 11.5 Å². The lowest BCUT2D eigenvalue weighted by Crippen LogP contribution is -2.35. The van der Waals surface area contributed by atoms with E-state index in [1.807, 2.05) is 12.1 Å². The Morgan fingerprint density at radius 2 is 2.24 bits per heavy atom. The molecule has 1 aromatic carbocycles. The Hall–Kier alpha value is -1.92. The SMILES string of the molecule is COCC#C[C@@H]1c2cc(OC)ccc2O[C@@H]2C=CCCC12. The Morgan fingerprint density at radius 3 is 3.05 bits per heavy atom. The van der Waals surface area contributed by atoms with Gasteiger partial charge in [0, 0.05) is 18.6 Å². The Balaban J connectivity index is 2.01. The van der Waals surface area contributed by atoms with Crippen LogP contribution in [-0.2, 0) is 4.74 Å². The van der Waals surface area contributed by atoms with Crippen LogP contribution in [0, 0.1) is 17.8 Å². The van der Waals surface area contributed by atoms with Gasteiger partial charge in [-0.3, -0.25) is 0 Å². The van der Waals surface area contributed by atoms with Gasteiger partial charge in [0.25, 0.3) is 0 Å². The number of benzene rings is 1. The van der Waals surface area contributed by atoms with Gasteiger partial charge < -0.3 is 14.2 Å². The summed E-state index contributed by atoms with van der Waals surface area (Å²) < 4.78 is 16.5. The van der Waals surface area contributed by atoms with Crippen molar-refractivity contribution in [1.29, 1.82) is 0 Å². The second-order valence-corrected chi connectivity index (χ2v) is 5.39. The van der Waals surface area contributed by atoms with Crippen LogP contribution in [0.15, 0.2) is 30.4 Å². The highest BCUT2D eigenvalue weighted by molar-refractivity contribution is 5.48. The van der Waals surface area contributed by atoms with Crippen LogP contribution in [-0.4, -0.2) is 26.9 Å². The van der Waals surface area contributed by atoms with E-state index < -0.39 is 0 Å². The number of rotatable bonds is 2. The van der Waals surface area contributed by atoms with E-state index in [0.29, 0.717) is 12.5 Å². The van der Waals surface area contributed by atoms with Crippen molar-refractivity contribution >= 4 is 0 Å². The van der Waals surface area contributed by atoms with Gasteiger partial charge in [-0.05, 0) is 37.1 Å². The predicted molar refractivity (Wildman–Crippen MR) is 81.7 cm³/mol. The third-order valence-electron chi connectivity index (χ3n) is 4.13. The summed E-state index contributed by atoms with van der Waals surface area (Å²) in [5.41, 5.74) is 1.13. The summed E-state index contributed by atoms with van der Waals surface area (Å²) in [6, 6.07) is 5.97. The van der Waals surface area contributed by atoms with E-state index in [0.717, 1.165) is 29.9 Å². The molecule has 1 aromatic rings. The summed E-state index contributed by atoms with van der Waals surface area (Å²) in [5.74, 6) is 8.85. The zero-order chi connectivity index (χ0) is 14.7. The molecule has 0 fully saturated rings. The summed E-state index contributed by atoms with van der Waals surface area (Å²) in [5, 5.41) is 0. The van der Waals surface area contributed by atoms with Crippen LogP contribution in [0.1, 0.15) is 24.3 Å². The van der Waals surface area contributed by atoms with E-state index in [1.165, 1.54) is 0 Å². The lowest BCUT2D eigenvalue weighted by Gasteiger charge is -2.38. The van der Waals surface area contributed by atoms with Gasteiger partial charge in [0.15, 0.2) is 0 Å². The first-order chi connectivity index (χ1) is 10.3. The van der Waals surface area contributed by atoms with Crippen LogP contribution in [0.4, 0.5) is 0 Å². The van der Waals surface area contributed by atoms with Crippen molar-refractivity contribution in [2.75, 3.05) is 20.8 Å². The number of hydrogen-bond acceptors (Lipinski definition) is 3. The minimum Gasteiger partial charge on any atom is -0.497 e. The van der Waals surface area contributed by atoms with Crippen molar-refractivity contribution in [1.82, 2.24) is 0 Å². The van der Waals surface area contributed by atoms with E-state index in [1.54, 1.807) is 14.2 Å². The largest absolute Gasteiger partial charge is 0.497 e. The van der Waals surface area contributed by atoms with Crippen molar-refractivity contribution in [3.05, 3.63) is 35.9 Å². The number of fused-ring (bicyclic) bond motifs is 2. The summed E-state index contributed by atoms with van der Waals surface area (Å²) in [6.07, 6.45) is 6.69. The molecule has 3 atom stereocenters. The molecule has 3 heteroatoms. The van der Waals surface area contributed by atoms with Crippen molar-refractivity contribution in [2.24, 2.45) is 5.92 Å². The molecule has 3 nitrogen and oxygen atoms in total. The summed E-state index contributed by atoms with van der Waals surface area (Å²) in [7, 11) is 3.35. The molecule has 2 aliphatic rings. The van der Waals surface area contributed by atoms with Gasteiger partial charge in [0.05, 0.1) is 13.0 Å². The minimum atomic E-state index is 0.126. The van der Waals surface area contributed by atoms with Crippen molar-refractivity contribution in [2.45, 2.75) is 24.9 Å². The quantitative estimate of drug-likeness (QED) is 0.617. The van der Waals surface area contributed by atoms with E-state index >= 15 is 0 Å². The van der Waals surface area contributed by atoms with E-state index in [4.69, 9.17) is 14.2 Å². The normalized spacial score (nSPS) is 25.9. The second kappa shape index (κ2) is 6.24. The molecule has 1 aliphatic carbocycles. The number of methoxy groups -OCH3 is 2. The Morgan fingerprint density at radius 1 is 1.33 bits per heavy atom. The molecule has 110 valence electrons. The highest BCUT2D eigenvalue weighted by Gasteiger charge is 2.37. The van der Waals surface area contributed by atoms with Crippen LogP contribution in [0.2, 0.25) is 0 Å². The summed E-state index contributed by atoms with van der Waals surface area (Å²) in [4.78, 5) is 0. The zero-order valence-electron chi connectivity index (χ0n) is 12.5. The van der Waals surface area contributed by atoms with Gasteiger partial charge in [0.1, 0.15) is 24.2 Å². The van der Waals surface area contributed by atoms with E-state index in [2.05, 4.69) is 30.1 Å². The Kier molecular flexibility index (Phi) is 4.17. The molecule has 0 saturated carbocycles. The van der Waals surface area contributed by atoms with Gasteiger partial charge in [0.2, 0.25) is 0 Å². The first-order valence-electron chi connectivity index (χ1n) is 7.32. The van der Waals surface area contributed by atoms with Gasteiger partial charge in [-0.15, -0.1) is 0 Å². The molecule has 1 heterocycles. The maximum atomic E-state index is 6.13. The van der Waals surface area contributed by atoms with Crippen LogP contribution < -0.4 is 9.47 Å². The standard InChI is InChI=1S/C18H20O3/c1-19-11-5-7-14-15-6-3-4-8-17(15)21-18-10-9-13(20-2)12-16(14)18/h4,8-10,12,14-15,17H,3,6,11H2,1-2H3/t14-,15?,17+/m0/s1. The highest BCUT2D eigenvalue weighted by Crippen LogP contribution is 2.44. The first kappa shape index (κ1) is 14.0. The van der Waals surface area contributed by atoms with Gasteiger partial charge >= 0.3 is 0 Å². The Labute approximate surface area is 125 Å². The molecule has 0 amide bonds. The molecule has 0 radical (unpaired) electrons. The Bertz CT molecular complexity index is 594. The first-order valence-corrected chi connectivity index (χ1v) is 7.32. The van der Waals surface area contributed by atoms with Gasteiger partial charge in [-0.25, -0.2) is 0 Å². The number of allylic oxidation sites excluding steroid dienone is 1. The molecule has 1 aliphatic heterocycles. The molecule has 0 saturated heterocycles. The second-order valence-electron chi connectivity index (χ2n) is 5.39. The average molecular weight is 284 g/mol. The number of ether oxygens (including phenoxy) is 3. The predicted octanol–water partition coefficient (Wildman–Crippen LogP) is 3.16. The number of hydrogen-bond donors (Lipinski definition) is 0. The van der Waals surface area contributed by atoms with Gasteiger partial charge in [-0.1, -0.05) is 17.9 Å². The van der Waals surface area contributed by atoms with Crippen molar-refractivity contribution in [3.8, 4) is 23.3 Å². The lowest BCUT2D eigenvalue weighted by molar-refractivity contribution is 0.132. The molecule has 0 bridgehead atoms. The summed E-state index contributed by atoms with van der Waals surface area (Å²) in [6.45, 7) is 0.462. The van der Waals surface area contributed by atoms with Crippen molar-refractivity contribution < 1.29 is 14.2 Å². The molecular formula is C18H20O3. The van der Waals surface area contributed by atoms with Crippen molar-refractivity contribution in [3.63, 3.8) is 0 Å². The smallest absolute Gasteiger partial charge is 0.124 e. The fraction of sp³-hybridized carbons (Fsp3) is 0.444. The molecule has 3 rings (SSSR count). The third kappa shape index (κ3) is 2.77. The summed E-state index contributed by atoms with van der Waals surface area (Å²) >= 11 is 0. The monoisotopic (exact) mass is 284 g/mol. The lowest BCUT2D eigenvalue weighted by atomic mass is 9.75. The molecule has 0 aromatic heterocycles. The zero-order valence-corrected chi connectivity index (χ0v) is 12.5. The molecule has 0 spiro atoms. The fourth-order valence-corrected chi connectivity index (χ4v) is 3.10. The average Bonchev–Trinajstić information content (AvgIpc) is 2.54. The maximum Gasteiger partial charge on any atom is 0.124 e. The molecular weight excluding hydrogens is 264 g/mol. The highest BCUT2D eigenvalue weighted by atomic mass is 16.5. The molecule has 21 heavy (non-hydrogen) atoms. The third-order valence-corrected chi connectivity index (χ3v) is 4.13. The minimum absolute atomic E-state index is 0.126. The van der Waals surface area contributed by atoms with Gasteiger partial charge in [-0.2, -0.15) is 0 Å². The van der Waals surface area contributed by atoms with Crippen LogP contribution >= 0.6 is 0 Å². The van der Waals surface area contributed by atoms with Crippen LogP contribution in [0.3, 0.4) is 0 Å². The topological polar surface area (TPSA) is 27.7 Å². The molecule has 1 unspecified atom stereocenters. The van der Waals surface area contributed by atoms with E-state index in [-0.39, 0.29) is 12.0 Å². The van der Waals surface area contributed by atoms with E-state index in [9.17, 15) is 0 Å². The van der Waals surface area contributed by atoms with Crippen LogP contribution in [0.25, 0.3) is 0 Å².